The molecule has 0 saturated heterocycles. The van der Waals surface area contributed by atoms with Gasteiger partial charge in [0.1, 0.15) is 22.6 Å². The third-order valence-corrected chi connectivity index (χ3v) is 4.15. The lowest BCUT2D eigenvalue weighted by Gasteiger charge is -2.26. The maximum absolute atomic E-state index is 11.2. The summed E-state index contributed by atoms with van der Waals surface area (Å²) in [5.41, 5.74) is 1.05. The first-order valence-corrected chi connectivity index (χ1v) is 8.78. The van der Waals surface area contributed by atoms with Crippen LogP contribution in [0.3, 0.4) is 0 Å². The maximum atomic E-state index is 11.2. The van der Waals surface area contributed by atoms with Crippen LogP contribution in [0.25, 0.3) is 0 Å². The molecule has 0 saturated carbocycles. The van der Waals surface area contributed by atoms with Crippen LogP contribution in [-0.2, 0) is 10.8 Å². The molecule has 0 heterocycles. The van der Waals surface area contributed by atoms with E-state index in [-0.39, 0.29) is 33.5 Å². The van der Waals surface area contributed by atoms with Gasteiger partial charge in [-0.3, -0.25) is 0 Å². The Labute approximate surface area is 165 Å². The SMILES string of the molecule is CC(C)(C)c1cc(C(=O)O)c(O)c(C(C)(C)C)c1.O=C(O)c1ccccc1O. The molecule has 28 heavy (non-hydrogen) atoms. The summed E-state index contributed by atoms with van der Waals surface area (Å²) in [6, 6.07) is 9.28. The molecule has 4 N–H and O–H groups in total. The topological polar surface area (TPSA) is 115 Å². The van der Waals surface area contributed by atoms with E-state index in [4.69, 9.17) is 10.2 Å². The molecule has 0 fully saturated rings. The van der Waals surface area contributed by atoms with Crippen molar-refractivity contribution < 1.29 is 30.0 Å². The van der Waals surface area contributed by atoms with Crippen molar-refractivity contribution in [2.24, 2.45) is 0 Å². The van der Waals surface area contributed by atoms with Gasteiger partial charge in [0.15, 0.2) is 0 Å². The highest BCUT2D eigenvalue weighted by molar-refractivity contribution is 5.92. The molecule has 0 aromatic heterocycles. The van der Waals surface area contributed by atoms with Crippen LogP contribution < -0.4 is 0 Å². The Kier molecular flexibility index (Phi) is 6.85. The molecule has 2 rings (SSSR count). The molecule has 6 nitrogen and oxygen atoms in total. The van der Waals surface area contributed by atoms with Gasteiger partial charge in [-0.05, 0) is 34.6 Å². The van der Waals surface area contributed by atoms with Gasteiger partial charge >= 0.3 is 11.9 Å². The van der Waals surface area contributed by atoms with Gasteiger partial charge in [-0.2, -0.15) is 0 Å². The maximum Gasteiger partial charge on any atom is 0.339 e. The van der Waals surface area contributed by atoms with Crippen LogP contribution in [0.15, 0.2) is 36.4 Å². The summed E-state index contributed by atoms with van der Waals surface area (Å²) in [5, 5.41) is 36.6. The lowest BCUT2D eigenvalue weighted by molar-refractivity contribution is 0.0682. The highest BCUT2D eigenvalue weighted by atomic mass is 16.4. The Bertz CT molecular complexity index is 870. The van der Waals surface area contributed by atoms with Gasteiger partial charge in [0.05, 0.1) is 0 Å². The number of hydrogen-bond donors (Lipinski definition) is 4. The minimum Gasteiger partial charge on any atom is -0.507 e. The standard InChI is InChI=1S/C15H22O3.C7H6O3/c1-14(2,3)9-7-10(13(17)18)12(16)11(8-9)15(4,5)6;8-6-4-2-1-3-5(6)7(9)10/h7-8,16H,1-6H3,(H,17,18);1-4,8H,(H,9,10). The Morgan fingerprint density at radius 2 is 1.25 bits per heavy atom. The fourth-order valence-electron chi connectivity index (χ4n) is 2.46. The van der Waals surface area contributed by atoms with Gasteiger partial charge in [0, 0.05) is 5.56 Å². The Hall–Kier alpha value is -3.02. The molecule has 2 aromatic rings. The smallest absolute Gasteiger partial charge is 0.339 e. The first-order valence-electron chi connectivity index (χ1n) is 8.78. The van der Waals surface area contributed by atoms with Crippen molar-refractivity contribution in [3.63, 3.8) is 0 Å². The van der Waals surface area contributed by atoms with Crippen LogP contribution in [0.2, 0.25) is 0 Å². The number of hydrogen-bond acceptors (Lipinski definition) is 4. The van der Waals surface area contributed by atoms with Crippen LogP contribution in [0, 0.1) is 0 Å². The molecule has 0 unspecified atom stereocenters. The summed E-state index contributed by atoms with van der Waals surface area (Å²) in [5.74, 6) is -2.53. The molecule has 0 spiro atoms. The number of para-hydroxylation sites is 1. The third-order valence-electron chi connectivity index (χ3n) is 4.15. The Morgan fingerprint density at radius 3 is 1.61 bits per heavy atom. The number of carboxylic acid groups (broad SMARTS) is 2. The Balaban J connectivity index is 0.000000330. The van der Waals surface area contributed by atoms with Gasteiger partial charge in [0.25, 0.3) is 0 Å². The zero-order valence-electron chi connectivity index (χ0n) is 17.1. The summed E-state index contributed by atoms with van der Waals surface area (Å²) in [4.78, 5) is 21.5. The van der Waals surface area contributed by atoms with E-state index >= 15 is 0 Å². The number of benzene rings is 2. The largest absolute Gasteiger partial charge is 0.507 e. The summed E-state index contributed by atoms with van der Waals surface area (Å²) >= 11 is 0. The molecule has 0 aliphatic carbocycles. The minimum absolute atomic E-state index is 0.0210. The minimum atomic E-state index is -1.11. The highest BCUT2D eigenvalue weighted by Gasteiger charge is 2.26. The highest BCUT2D eigenvalue weighted by Crippen LogP contribution is 2.37. The van der Waals surface area contributed by atoms with Crippen LogP contribution in [0.4, 0.5) is 0 Å². The van der Waals surface area contributed by atoms with Crippen LogP contribution >= 0.6 is 0 Å². The molecule has 0 atom stereocenters. The van der Waals surface area contributed by atoms with E-state index in [1.54, 1.807) is 18.2 Å². The van der Waals surface area contributed by atoms with E-state index in [1.165, 1.54) is 12.1 Å². The Morgan fingerprint density at radius 1 is 0.750 bits per heavy atom. The zero-order valence-corrected chi connectivity index (χ0v) is 17.1. The van der Waals surface area contributed by atoms with Crippen molar-refractivity contribution in [3.05, 3.63) is 58.7 Å². The van der Waals surface area contributed by atoms with Crippen LogP contribution in [-0.4, -0.2) is 32.4 Å². The number of aromatic carboxylic acids is 2. The van der Waals surface area contributed by atoms with Crippen molar-refractivity contribution in [1.82, 2.24) is 0 Å². The lowest BCUT2D eigenvalue weighted by atomic mass is 9.79. The molecule has 2 aromatic carbocycles. The van der Waals surface area contributed by atoms with E-state index in [0.29, 0.717) is 5.56 Å². The number of aromatic hydroxyl groups is 2. The summed E-state index contributed by atoms with van der Waals surface area (Å²) in [6.07, 6.45) is 0. The molecule has 152 valence electrons. The van der Waals surface area contributed by atoms with Crippen LogP contribution in [0.5, 0.6) is 11.5 Å². The van der Waals surface area contributed by atoms with E-state index in [2.05, 4.69) is 0 Å². The monoisotopic (exact) mass is 388 g/mol. The molecule has 0 aliphatic heterocycles. The second-order valence-corrected chi connectivity index (χ2v) is 8.55. The fraction of sp³-hybridized carbons (Fsp3) is 0.364. The van der Waals surface area contributed by atoms with Gasteiger partial charge in [-0.15, -0.1) is 0 Å². The first-order chi connectivity index (χ1) is 12.7. The molecule has 0 amide bonds. The van der Waals surface area contributed by atoms with Gasteiger partial charge in [0.2, 0.25) is 0 Å². The fourth-order valence-corrected chi connectivity index (χ4v) is 2.46. The first kappa shape index (κ1) is 23.0. The average molecular weight is 388 g/mol. The van der Waals surface area contributed by atoms with Crippen molar-refractivity contribution in [1.29, 1.82) is 0 Å². The summed E-state index contributed by atoms with van der Waals surface area (Å²) < 4.78 is 0. The van der Waals surface area contributed by atoms with Gasteiger partial charge in [-0.25, -0.2) is 9.59 Å². The summed E-state index contributed by atoms with van der Waals surface area (Å²) in [7, 11) is 0. The molecular weight excluding hydrogens is 360 g/mol. The van der Waals surface area contributed by atoms with Crippen LogP contribution in [0.1, 0.15) is 73.4 Å². The second kappa shape index (κ2) is 8.33. The average Bonchev–Trinajstić information content (AvgIpc) is 2.53. The van der Waals surface area contributed by atoms with E-state index in [1.807, 2.05) is 47.6 Å². The van der Waals surface area contributed by atoms with Gasteiger partial charge in [-0.1, -0.05) is 59.7 Å². The summed E-state index contributed by atoms with van der Waals surface area (Å²) in [6.45, 7) is 12.0. The quantitative estimate of drug-likeness (QED) is 0.589. The molecular formula is C22H28O6. The lowest BCUT2D eigenvalue weighted by Crippen LogP contribution is -2.18. The third kappa shape index (κ3) is 5.74. The number of rotatable bonds is 2. The van der Waals surface area contributed by atoms with Crippen molar-refractivity contribution in [2.75, 3.05) is 0 Å². The van der Waals surface area contributed by atoms with E-state index < -0.39 is 11.9 Å². The van der Waals surface area contributed by atoms with E-state index in [0.717, 1.165) is 5.56 Å². The number of carboxylic acids is 2. The number of carbonyl (C=O) groups is 2. The predicted molar refractivity (Wildman–Crippen MR) is 108 cm³/mol. The normalized spacial score (nSPS) is 11.4. The van der Waals surface area contributed by atoms with Crippen molar-refractivity contribution in [2.45, 2.75) is 52.4 Å². The van der Waals surface area contributed by atoms with E-state index in [9.17, 15) is 19.8 Å². The molecule has 0 radical (unpaired) electrons. The van der Waals surface area contributed by atoms with Crippen molar-refractivity contribution >= 4 is 11.9 Å². The second-order valence-electron chi connectivity index (χ2n) is 8.55. The predicted octanol–water partition coefficient (Wildman–Crippen LogP) is 4.78. The number of phenols is 2. The molecule has 0 bridgehead atoms. The molecule has 0 aliphatic rings. The zero-order chi connectivity index (χ0) is 21.9. The molecule has 6 heteroatoms. The van der Waals surface area contributed by atoms with Gasteiger partial charge < -0.3 is 20.4 Å². The van der Waals surface area contributed by atoms with Crippen molar-refractivity contribution in [3.8, 4) is 11.5 Å².